The lowest BCUT2D eigenvalue weighted by atomic mass is 10.1. The molecule has 0 saturated heterocycles. The molecule has 5 nitrogen and oxygen atoms in total. The number of aromatic nitrogens is 1. The van der Waals surface area contributed by atoms with E-state index in [0.29, 0.717) is 24.0 Å². The Bertz CT molecular complexity index is 708. The molecule has 2 N–H and O–H groups in total. The lowest BCUT2D eigenvalue weighted by Crippen LogP contribution is -2.21. The van der Waals surface area contributed by atoms with E-state index >= 15 is 0 Å². The SMILES string of the molecule is CC(=O)NCCCc1ccc(-c2csc(NC(=O)CC(C)C)n2)cc1. The summed E-state index contributed by atoms with van der Waals surface area (Å²) < 4.78 is 0. The van der Waals surface area contributed by atoms with Crippen molar-refractivity contribution in [2.75, 3.05) is 11.9 Å². The molecule has 0 radical (unpaired) electrons. The number of hydrogen-bond acceptors (Lipinski definition) is 4. The van der Waals surface area contributed by atoms with Gasteiger partial charge in [0.05, 0.1) is 5.69 Å². The highest BCUT2D eigenvalue weighted by molar-refractivity contribution is 7.14. The summed E-state index contributed by atoms with van der Waals surface area (Å²) >= 11 is 1.44. The predicted octanol–water partition coefficient (Wildman–Crippen LogP) is 3.86. The number of rotatable bonds is 8. The van der Waals surface area contributed by atoms with Crippen molar-refractivity contribution < 1.29 is 9.59 Å². The molecule has 1 heterocycles. The molecule has 2 aromatic rings. The summed E-state index contributed by atoms with van der Waals surface area (Å²) in [5.74, 6) is 0.346. The van der Waals surface area contributed by atoms with Gasteiger partial charge < -0.3 is 10.6 Å². The number of carbonyl (C=O) groups is 2. The van der Waals surface area contributed by atoms with Gasteiger partial charge in [-0.1, -0.05) is 38.1 Å². The van der Waals surface area contributed by atoms with Crippen LogP contribution in [0.15, 0.2) is 29.6 Å². The second kappa shape index (κ2) is 9.32. The van der Waals surface area contributed by atoms with Crippen LogP contribution in [0.2, 0.25) is 0 Å². The van der Waals surface area contributed by atoms with E-state index in [0.717, 1.165) is 24.1 Å². The maximum atomic E-state index is 11.8. The standard InChI is InChI=1S/C19H25N3O2S/c1-13(2)11-18(24)22-19-21-17(12-25-19)16-8-6-15(7-9-16)5-4-10-20-14(3)23/h6-9,12-13H,4-5,10-11H2,1-3H3,(H,20,23)(H,21,22,24). The third kappa shape index (κ3) is 6.66. The average Bonchev–Trinajstić information content (AvgIpc) is 2.99. The Balaban J connectivity index is 1.89. The lowest BCUT2D eigenvalue weighted by Gasteiger charge is -2.04. The molecule has 0 aliphatic heterocycles. The Morgan fingerprint density at radius 3 is 2.56 bits per heavy atom. The molecule has 0 spiro atoms. The van der Waals surface area contributed by atoms with Crippen LogP contribution in [0.25, 0.3) is 11.3 Å². The molecule has 0 aliphatic rings. The summed E-state index contributed by atoms with van der Waals surface area (Å²) in [6, 6.07) is 8.25. The molecule has 1 aromatic carbocycles. The zero-order valence-corrected chi connectivity index (χ0v) is 15.8. The molecule has 0 bridgehead atoms. The number of amides is 2. The molecule has 1 aromatic heterocycles. The van der Waals surface area contributed by atoms with E-state index < -0.39 is 0 Å². The molecule has 0 atom stereocenters. The minimum atomic E-state index is 0.00502. The van der Waals surface area contributed by atoms with Crippen LogP contribution in [-0.2, 0) is 16.0 Å². The summed E-state index contributed by atoms with van der Waals surface area (Å²) in [7, 11) is 0. The van der Waals surface area contributed by atoms with E-state index in [1.807, 2.05) is 31.4 Å². The predicted molar refractivity (Wildman–Crippen MR) is 103 cm³/mol. The molecule has 0 unspecified atom stereocenters. The first-order valence-electron chi connectivity index (χ1n) is 8.53. The number of benzene rings is 1. The van der Waals surface area contributed by atoms with Crippen LogP contribution >= 0.6 is 11.3 Å². The van der Waals surface area contributed by atoms with Crippen molar-refractivity contribution in [1.29, 1.82) is 0 Å². The number of nitrogens with zero attached hydrogens (tertiary/aromatic N) is 1. The Morgan fingerprint density at radius 2 is 1.92 bits per heavy atom. The molecule has 0 fully saturated rings. The molecule has 134 valence electrons. The van der Waals surface area contributed by atoms with E-state index in [1.165, 1.54) is 23.8 Å². The third-order valence-corrected chi connectivity index (χ3v) is 4.37. The summed E-state index contributed by atoms with van der Waals surface area (Å²) in [5, 5.41) is 8.25. The molecule has 0 aliphatic carbocycles. The highest BCUT2D eigenvalue weighted by Gasteiger charge is 2.09. The van der Waals surface area contributed by atoms with Gasteiger partial charge in [-0.15, -0.1) is 11.3 Å². The summed E-state index contributed by atoms with van der Waals surface area (Å²) in [6.07, 6.45) is 2.35. The summed E-state index contributed by atoms with van der Waals surface area (Å²) in [6.45, 7) is 6.26. The Morgan fingerprint density at radius 1 is 1.20 bits per heavy atom. The third-order valence-electron chi connectivity index (χ3n) is 3.61. The van der Waals surface area contributed by atoms with Crippen molar-refractivity contribution in [3.8, 4) is 11.3 Å². The number of aryl methyl sites for hydroxylation is 1. The number of thiazole rings is 1. The van der Waals surface area contributed by atoms with Gasteiger partial charge in [-0.25, -0.2) is 4.98 Å². The smallest absolute Gasteiger partial charge is 0.226 e. The van der Waals surface area contributed by atoms with Crippen LogP contribution in [-0.4, -0.2) is 23.3 Å². The molecule has 25 heavy (non-hydrogen) atoms. The van der Waals surface area contributed by atoms with Gasteiger partial charge in [0.15, 0.2) is 5.13 Å². The van der Waals surface area contributed by atoms with Crippen LogP contribution in [0.4, 0.5) is 5.13 Å². The number of hydrogen-bond donors (Lipinski definition) is 2. The minimum Gasteiger partial charge on any atom is -0.356 e. The van der Waals surface area contributed by atoms with Crippen molar-refractivity contribution >= 4 is 28.3 Å². The zero-order valence-electron chi connectivity index (χ0n) is 15.0. The van der Waals surface area contributed by atoms with Crippen LogP contribution in [0.5, 0.6) is 0 Å². The average molecular weight is 359 g/mol. The molecule has 2 rings (SSSR count). The number of nitrogens with one attached hydrogen (secondary N) is 2. The first-order valence-corrected chi connectivity index (χ1v) is 9.41. The van der Waals surface area contributed by atoms with E-state index in [-0.39, 0.29) is 11.8 Å². The molecule has 2 amide bonds. The van der Waals surface area contributed by atoms with Crippen LogP contribution in [0, 0.1) is 5.92 Å². The van der Waals surface area contributed by atoms with Gasteiger partial charge in [0.1, 0.15) is 0 Å². The quantitative estimate of drug-likeness (QED) is 0.703. The maximum absolute atomic E-state index is 11.8. The maximum Gasteiger partial charge on any atom is 0.226 e. The largest absolute Gasteiger partial charge is 0.356 e. The fourth-order valence-electron chi connectivity index (χ4n) is 2.40. The first kappa shape index (κ1) is 19.1. The van der Waals surface area contributed by atoms with Crippen LogP contribution in [0.1, 0.15) is 39.2 Å². The van der Waals surface area contributed by atoms with Gasteiger partial charge in [-0.3, -0.25) is 9.59 Å². The van der Waals surface area contributed by atoms with Crippen molar-refractivity contribution in [1.82, 2.24) is 10.3 Å². The molecule has 0 saturated carbocycles. The fraction of sp³-hybridized carbons (Fsp3) is 0.421. The fourth-order valence-corrected chi connectivity index (χ4v) is 3.14. The Labute approximate surface area is 152 Å². The summed E-state index contributed by atoms with van der Waals surface area (Å²) in [5.41, 5.74) is 3.13. The van der Waals surface area contributed by atoms with Crippen LogP contribution in [0.3, 0.4) is 0 Å². The van der Waals surface area contributed by atoms with E-state index in [4.69, 9.17) is 0 Å². The summed E-state index contributed by atoms with van der Waals surface area (Å²) in [4.78, 5) is 27.1. The number of carbonyl (C=O) groups excluding carboxylic acids is 2. The van der Waals surface area contributed by atoms with E-state index in [1.54, 1.807) is 0 Å². The van der Waals surface area contributed by atoms with Gasteiger partial charge in [-0.2, -0.15) is 0 Å². The first-order chi connectivity index (χ1) is 11.9. The highest BCUT2D eigenvalue weighted by atomic mass is 32.1. The van der Waals surface area contributed by atoms with E-state index in [2.05, 4.69) is 27.8 Å². The van der Waals surface area contributed by atoms with Gasteiger partial charge in [0, 0.05) is 30.8 Å². The number of anilines is 1. The second-order valence-electron chi connectivity index (χ2n) is 6.47. The van der Waals surface area contributed by atoms with E-state index in [9.17, 15) is 9.59 Å². The van der Waals surface area contributed by atoms with Crippen LogP contribution < -0.4 is 10.6 Å². The van der Waals surface area contributed by atoms with Crippen molar-refractivity contribution in [3.63, 3.8) is 0 Å². The molecular weight excluding hydrogens is 334 g/mol. The minimum absolute atomic E-state index is 0.00502. The van der Waals surface area contributed by atoms with Gasteiger partial charge in [0.2, 0.25) is 11.8 Å². The monoisotopic (exact) mass is 359 g/mol. The zero-order chi connectivity index (χ0) is 18.2. The molecule has 6 heteroatoms. The Kier molecular flexibility index (Phi) is 7.13. The van der Waals surface area contributed by atoms with Gasteiger partial charge in [0.25, 0.3) is 0 Å². The van der Waals surface area contributed by atoms with Crippen molar-refractivity contribution in [2.24, 2.45) is 5.92 Å². The Hall–Kier alpha value is -2.21. The van der Waals surface area contributed by atoms with Crippen molar-refractivity contribution in [2.45, 2.75) is 40.0 Å². The highest BCUT2D eigenvalue weighted by Crippen LogP contribution is 2.25. The molecular formula is C19H25N3O2S. The van der Waals surface area contributed by atoms with Gasteiger partial charge in [-0.05, 0) is 24.3 Å². The van der Waals surface area contributed by atoms with Crippen molar-refractivity contribution in [3.05, 3.63) is 35.2 Å². The second-order valence-corrected chi connectivity index (χ2v) is 7.33. The van der Waals surface area contributed by atoms with Gasteiger partial charge >= 0.3 is 0 Å². The lowest BCUT2D eigenvalue weighted by molar-refractivity contribution is -0.119. The normalized spacial score (nSPS) is 10.7. The topological polar surface area (TPSA) is 71.1 Å².